The molecule has 0 saturated carbocycles. The number of aryl methyl sites for hydroxylation is 2. The van der Waals surface area contributed by atoms with E-state index in [1.54, 1.807) is 0 Å². The summed E-state index contributed by atoms with van der Waals surface area (Å²) in [5.41, 5.74) is 0.710. The van der Waals surface area contributed by atoms with Gasteiger partial charge >= 0.3 is 0 Å². The van der Waals surface area contributed by atoms with Gasteiger partial charge in [-0.1, -0.05) is 13.8 Å². The average Bonchev–Trinajstić information content (AvgIpc) is 2.72. The highest BCUT2D eigenvalue weighted by molar-refractivity contribution is 5.79. The van der Waals surface area contributed by atoms with E-state index < -0.39 is 0 Å². The molecule has 6 heteroatoms. The topological polar surface area (TPSA) is 82.7 Å². The van der Waals surface area contributed by atoms with Crippen molar-refractivity contribution in [2.75, 3.05) is 19.7 Å². The number of nitrogens with zero attached hydrogens (tertiary/aromatic N) is 2. The van der Waals surface area contributed by atoms with Crippen LogP contribution in [0.3, 0.4) is 0 Å². The van der Waals surface area contributed by atoms with Crippen LogP contribution in [0, 0.1) is 19.3 Å². The SMILES string of the molecule is CCNC(=NCc1nc(C)c(C)o1)NCC(C)(C)CO. The van der Waals surface area contributed by atoms with Crippen molar-refractivity contribution in [3.63, 3.8) is 0 Å². The van der Waals surface area contributed by atoms with Crippen molar-refractivity contribution in [3.8, 4) is 0 Å². The summed E-state index contributed by atoms with van der Waals surface area (Å²) in [6.45, 7) is 11.7. The monoisotopic (exact) mass is 282 g/mol. The van der Waals surface area contributed by atoms with Gasteiger partial charge in [-0.25, -0.2) is 9.98 Å². The third kappa shape index (κ3) is 5.21. The molecule has 1 rings (SSSR count). The van der Waals surface area contributed by atoms with Gasteiger partial charge in [0.15, 0.2) is 5.96 Å². The molecule has 0 saturated heterocycles. The van der Waals surface area contributed by atoms with Crippen molar-refractivity contribution in [3.05, 3.63) is 17.3 Å². The van der Waals surface area contributed by atoms with E-state index in [9.17, 15) is 5.11 Å². The van der Waals surface area contributed by atoms with E-state index in [-0.39, 0.29) is 12.0 Å². The second kappa shape index (κ2) is 7.28. The first-order valence-corrected chi connectivity index (χ1v) is 6.94. The molecule has 1 aromatic heterocycles. The highest BCUT2D eigenvalue weighted by Crippen LogP contribution is 2.11. The predicted octanol–water partition coefficient (Wildman–Crippen LogP) is 1.37. The Morgan fingerprint density at radius 1 is 1.35 bits per heavy atom. The van der Waals surface area contributed by atoms with E-state index >= 15 is 0 Å². The summed E-state index contributed by atoms with van der Waals surface area (Å²) >= 11 is 0. The molecule has 114 valence electrons. The standard InChI is InChI=1S/C14H26N4O2/c1-6-15-13(17-8-14(4,5)9-19)16-7-12-18-10(2)11(3)20-12/h19H,6-9H2,1-5H3,(H2,15,16,17). The highest BCUT2D eigenvalue weighted by atomic mass is 16.4. The Morgan fingerprint density at radius 2 is 2.05 bits per heavy atom. The number of hydrogen-bond acceptors (Lipinski definition) is 4. The van der Waals surface area contributed by atoms with Crippen LogP contribution in [-0.4, -0.2) is 35.7 Å². The molecule has 0 atom stereocenters. The van der Waals surface area contributed by atoms with Crippen LogP contribution in [0.15, 0.2) is 9.41 Å². The number of rotatable bonds is 6. The van der Waals surface area contributed by atoms with E-state index in [0.717, 1.165) is 18.0 Å². The maximum Gasteiger partial charge on any atom is 0.216 e. The highest BCUT2D eigenvalue weighted by Gasteiger charge is 2.16. The zero-order valence-electron chi connectivity index (χ0n) is 13.1. The third-order valence-corrected chi connectivity index (χ3v) is 2.95. The normalized spacial score (nSPS) is 12.6. The first-order chi connectivity index (χ1) is 9.38. The van der Waals surface area contributed by atoms with Crippen LogP contribution in [0.1, 0.15) is 38.1 Å². The smallest absolute Gasteiger partial charge is 0.216 e. The van der Waals surface area contributed by atoms with Gasteiger partial charge < -0.3 is 20.2 Å². The molecule has 1 heterocycles. The average molecular weight is 282 g/mol. The molecule has 0 bridgehead atoms. The Morgan fingerprint density at radius 3 is 2.55 bits per heavy atom. The quantitative estimate of drug-likeness (QED) is 0.542. The number of aliphatic imine (C=N–C) groups is 1. The molecule has 0 unspecified atom stereocenters. The minimum Gasteiger partial charge on any atom is -0.444 e. The van der Waals surface area contributed by atoms with E-state index in [4.69, 9.17) is 4.42 Å². The van der Waals surface area contributed by atoms with E-state index in [0.29, 0.717) is 24.9 Å². The zero-order valence-corrected chi connectivity index (χ0v) is 13.1. The molecule has 0 amide bonds. The Balaban J connectivity index is 2.62. The fraction of sp³-hybridized carbons (Fsp3) is 0.714. The summed E-state index contributed by atoms with van der Waals surface area (Å²) in [5, 5.41) is 15.6. The lowest BCUT2D eigenvalue weighted by Gasteiger charge is -2.23. The second-order valence-corrected chi connectivity index (χ2v) is 5.62. The molecule has 1 aromatic rings. The van der Waals surface area contributed by atoms with Gasteiger partial charge in [0.25, 0.3) is 0 Å². The van der Waals surface area contributed by atoms with Crippen molar-refractivity contribution in [1.29, 1.82) is 0 Å². The summed E-state index contributed by atoms with van der Waals surface area (Å²) < 4.78 is 5.50. The fourth-order valence-corrected chi connectivity index (χ4v) is 1.47. The number of hydrogen-bond donors (Lipinski definition) is 3. The number of nitrogens with one attached hydrogen (secondary N) is 2. The van der Waals surface area contributed by atoms with Gasteiger partial charge in [0.1, 0.15) is 12.3 Å². The van der Waals surface area contributed by atoms with Gasteiger partial charge in [0.2, 0.25) is 5.89 Å². The lowest BCUT2D eigenvalue weighted by Crippen LogP contribution is -2.43. The maximum atomic E-state index is 9.25. The van der Waals surface area contributed by atoms with Crippen molar-refractivity contribution in [1.82, 2.24) is 15.6 Å². The molecule has 0 aliphatic carbocycles. The summed E-state index contributed by atoms with van der Waals surface area (Å²) in [4.78, 5) is 8.73. The molecule has 0 radical (unpaired) electrons. The van der Waals surface area contributed by atoms with Crippen LogP contribution < -0.4 is 10.6 Å². The number of aromatic nitrogens is 1. The molecule has 20 heavy (non-hydrogen) atoms. The van der Waals surface area contributed by atoms with Crippen LogP contribution in [0.5, 0.6) is 0 Å². The van der Waals surface area contributed by atoms with Gasteiger partial charge in [0.05, 0.1) is 5.69 Å². The molecule has 0 aliphatic heterocycles. The van der Waals surface area contributed by atoms with E-state index in [1.165, 1.54) is 0 Å². The van der Waals surface area contributed by atoms with Crippen molar-refractivity contribution < 1.29 is 9.52 Å². The molecule has 0 aromatic carbocycles. The Bertz CT molecular complexity index is 433. The summed E-state index contributed by atoms with van der Waals surface area (Å²) in [6, 6.07) is 0. The Kier molecular flexibility index (Phi) is 6.01. The summed E-state index contributed by atoms with van der Waals surface area (Å²) in [6.07, 6.45) is 0. The van der Waals surface area contributed by atoms with E-state index in [1.807, 2.05) is 34.6 Å². The number of guanidine groups is 1. The fourth-order valence-electron chi connectivity index (χ4n) is 1.47. The van der Waals surface area contributed by atoms with Crippen molar-refractivity contribution in [2.45, 2.75) is 41.2 Å². The maximum absolute atomic E-state index is 9.25. The summed E-state index contributed by atoms with van der Waals surface area (Å²) in [7, 11) is 0. The van der Waals surface area contributed by atoms with Crippen LogP contribution >= 0.6 is 0 Å². The van der Waals surface area contributed by atoms with Crippen LogP contribution in [0.25, 0.3) is 0 Å². The molecule has 3 N–H and O–H groups in total. The lowest BCUT2D eigenvalue weighted by molar-refractivity contribution is 0.162. The Hall–Kier alpha value is -1.56. The Labute approximate surface area is 120 Å². The number of aliphatic hydroxyl groups is 1. The largest absolute Gasteiger partial charge is 0.444 e. The zero-order chi connectivity index (χ0) is 15.2. The number of oxazole rings is 1. The minimum atomic E-state index is -0.188. The van der Waals surface area contributed by atoms with Crippen LogP contribution in [0.4, 0.5) is 0 Å². The van der Waals surface area contributed by atoms with Crippen molar-refractivity contribution in [2.24, 2.45) is 10.4 Å². The molecular formula is C14H26N4O2. The van der Waals surface area contributed by atoms with Crippen LogP contribution in [0.2, 0.25) is 0 Å². The predicted molar refractivity (Wildman–Crippen MR) is 79.7 cm³/mol. The third-order valence-electron chi connectivity index (χ3n) is 2.95. The minimum absolute atomic E-state index is 0.123. The van der Waals surface area contributed by atoms with Gasteiger partial charge in [0, 0.05) is 25.1 Å². The molecule has 0 spiro atoms. The summed E-state index contributed by atoms with van der Waals surface area (Å²) in [5.74, 6) is 2.13. The first-order valence-electron chi connectivity index (χ1n) is 6.94. The molecular weight excluding hydrogens is 256 g/mol. The van der Waals surface area contributed by atoms with Gasteiger partial charge in [-0.3, -0.25) is 0 Å². The lowest BCUT2D eigenvalue weighted by atomic mass is 9.95. The van der Waals surface area contributed by atoms with Gasteiger partial charge in [-0.2, -0.15) is 0 Å². The second-order valence-electron chi connectivity index (χ2n) is 5.62. The first kappa shape index (κ1) is 16.5. The van der Waals surface area contributed by atoms with Gasteiger partial charge in [-0.05, 0) is 20.8 Å². The molecule has 6 nitrogen and oxygen atoms in total. The van der Waals surface area contributed by atoms with Crippen LogP contribution in [-0.2, 0) is 6.54 Å². The molecule has 0 aliphatic rings. The van der Waals surface area contributed by atoms with Gasteiger partial charge in [-0.15, -0.1) is 0 Å². The molecule has 0 fully saturated rings. The van der Waals surface area contributed by atoms with Crippen molar-refractivity contribution >= 4 is 5.96 Å². The number of aliphatic hydroxyl groups excluding tert-OH is 1. The van der Waals surface area contributed by atoms with E-state index in [2.05, 4.69) is 20.6 Å².